The van der Waals surface area contributed by atoms with Crippen LogP contribution in [0.4, 0.5) is 11.5 Å². The topological polar surface area (TPSA) is 65.7 Å². The Bertz CT molecular complexity index is 1340. The van der Waals surface area contributed by atoms with Gasteiger partial charge in [-0.3, -0.25) is 4.79 Å². The van der Waals surface area contributed by atoms with Crippen molar-refractivity contribution in [3.8, 4) is 0 Å². The number of hydrogen-bond acceptors (Lipinski definition) is 6. The molecule has 0 radical (unpaired) electrons. The minimum atomic E-state index is 0.0520. The molecule has 2 aromatic carbocycles. The summed E-state index contributed by atoms with van der Waals surface area (Å²) in [5, 5.41) is 1.76. The molecule has 174 valence electrons. The van der Waals surface area contributed by atoms with E-state index < -0.39 is 0 Å². The highest BCUT2D eigenvalue weighted by Crippen LogP contribution is 2.34. The number of carbonyl (C=O) groups excluding carboxylic acids is 1. The van der Waals surface area contributed by atoms with Crippen molar-refractivity contribution in [1.29, 1.82) is 0 Å². The number of anilines is 2. The number of hydrogen-bond donors (Lipinski definition) is 0. The predicted octanol–water partition coefficient (Wildman–Crippen LogP) is 4.59. The summed E-state index contributed by atoms with van der Waals surface area (Å²) in [6, 6.07) is 15.8. The molecule has 4 heterocycles. The Labute approximate surface area is 202 Å². The number of fused-ring (bicyclic) bond motifs is 3. The molecule has 0 atom stereocenters. The number of piperidine rings is 1. The van der Waals surface area contributed by atoms with Crippen LogP contribution in [0.15, 0.2) is 59.3 Å². The lowest BCUT2D eigenvalue weighted by atomic mass is 9.95. The Morgan fingerprint density at radius 1 is 0.882 bits per heavy atom. The van der Waals surface area contributed by atoms with Gasteiger partial charge in [-0.1, -0.05) is 35.9 Å². The predicted molar refractivity (Wildman–Crippen MR) is 134 cm³/mol. The number of rotatable bonds is 3. The van der Waals surface area contributed by atoms with Crippen LogP contribution < -0.4 is 9.80 Å². The maximum atomic E-state index is 13.3. The SMILES string of the molecule is O=C(C1CCN(c2ncnc3c2oc2ccccc23)CC1)N1CCN(c2ccccc2Cl)CC1. The maximum Gasteiger partial charge on any atom is 0.225 e. The van der Waals surface area contributed by atoms with Crippen LogP contribution in [-0.2, 0) is 4.79 Å². The molecule has 2 aromatic heterocycles. The van der Waals surface area contributed by atoms with Gasteiger partial charge in [0, 0.05) is 50.6 Å². The minimum Gasteiger partial charge on any atom is -0.450 e. The third kappa shape index (κ3) is 3.74. The van der Waals surface area contributed by atoms with E-state index in [1.54, 1.807) is 6.33 Å². The van der Waals surface area contributed by atoms with Crippen molar-refractivity contribution in [3.63, 3.8) is 0 Å². The van der Waals surface area contributed by atoms with E-state index in [4.69, 9.17) is 16.0 Å². The van der Waals surface area contributed by atoms with Crippen LogP contribution in [0.2, 0.25) is 5.02 Å². The molecule has 0 saturated carbocycles. The second-order valence-corrected chi connectivity index (χ2v) is 9.41. The van der Waals surface area contributed by atoms with Gasteiger partial charge in [-0.25, -0.2) is 9.97 Å². The fourth-order valence-corrected chi connectivity index (χ4v) is 5.46. The van der Waals surface area contributed by atoms with E-state index in [0.717, 1.165) is 90.7 Å². The molecule has 34 heavy (non-hydrogen) atoms. The first kappa shape index (κ1) is 21.2. The first-order chi connectivity index (χ1) is 16.7. The number of halogens is 1. The van der Waals surface area contributed by atoms with Gasteiger partial charge in [-0.05, 0) is 37.1 Å². The molecule has 0 bridgehead atoms. The van der Waals surface area contributed by atoms with Crippen LogP contribution in [0.3, 0.4) is 0 Å². The van der Waals surface area contributed by atoms with Gasteiger partial charge in [0.05, 0.1) is 10.7 Å². The van der Waals surface area contributed by atoms with E-state index in [2.05, 4.69) is 19.8 Å². The highest BCUT2D eigenvalue weighted by molar-refractivity contribution is 6.33. The highest BCUT2D eigenvalue weighted by atomic mass is 35.5. The van der Waals surface area contributed by atoms with E-state index in [1.807, 2.05) is 53.4 Å². The van der Waals surface area contributed by atoms with E-state index in [-0.39, 0.29) is 11.8 Å². The van der Waals surface area contributed by atoms with Crippen molar-refractivity contribution >= 4 is 51.1 Å². The number of amides is 1. The number of para-hydroxylation sites is 2. The molecule has 2 fully saturated rings. The number of carbonyl (C=O) groups is 1. The largest absolute Gasteiger partial charge is 0.450 e. The molecule has 4 aromatic rings. The molecule has 0 unspecified atom stereocenters. The molecule has 2 aliphatic heterocycles. The molecule has 8 heteroatoms. The fourth-order valence-electron chi connectivity index (χ4n) is 5.21. The van der Waals surface area contributed by atoms with Crippen molar-refractivity contribution in [2.45, 2.75) is 12.8 Å². The van der Waals surface area contributed by atoms with Gasteiger partial charge in [0.2, 0.25) is 5.91 Å². The molecular weight excluding hydrogens is 450 g/mol. The van der Waals surface area contributed by atoms with Crippen LogP contribution >= 0.6 is 11.6 Å². The Kier molecular flexibility index (Phi) is 5.49. The maximum absolute atomic E-state index is 13.3. The van der Waals surface area contributed by atoms with Crippen molar-refractivity contribution in [1.82, 2.24) is 14.9 Å². The highest BCUT2D eigenvalue weighted by Gasteiger charge is 2.32. The molecule has 7 nitrogen and oxygen atoms in total. The van der Waals surface area contributed by atoms with E-state index >= 15 is 0 Å². The zero-order valence-electron chi connectivity index (χ0n) is 18.9. The number of aromatic nitrogens is 2. The quantitative estimate of drug-likeness (QED) is 0.431. The lowest BCUT2D eigenvalue weighted by molar-refractivity contribution is -0.136. The van der Waals surface area contributed by atoms with Crippen LogP contribution in [0.1, 0.15) is 12.8 Å². The average Bonchev–Trinajstić information content (AvgIpc) is 3.28. The first-order valence-corrected chi connectivity index (χ1v) is 12.2. The third-order valence-corrected chi connectivity index (χ3v) is 7.39. The molecule has 6 rings (SSSR count). The zero-order valence-corrected chi connectivity index (χ0v) is 19.6. The molecular formula is C26H26ClN5O2. The normalized spacial score (nSPS) is 17.6. The van der Waals surface area contributed by atoms with Gasteiger partial charge < -0.3 is 19.1 Å². The van der Waals surface area contributed by atoms with Crippen LogP contribution in [0.25, 0.3) is 22.1 Å². The minimum absolute atomic E-state index is 0.0520. The van der Waals surface area contributed by atoms with Gasteiger partial charge in [0.1, 0.15) is 17.4 Å². The average molecular weight is 476 g/mol. The van der Waals surface area contributed by atoms with Crippen LogP contribution in [0.5, 0.6) is 0 Å². The van der Waals surface area contributed by atoms with Gasteiger partial charge in [0.15, 0.2) is 11.4 Å². The smallest absolute Gasteiger partial charge is 0.225 e. The summed E-state index contributed by atoms with van der Waals surface area (Å²) in [6.45, 7) is 4.63. The van der Waals surface area contributed by atoms with Crippen molar-refractivity contribution in [2.24, 2.45) is 5.92 Å². The molecule has 2 saturated heterocycles. The summed E-state index contributed by atoms with van der Waals surface area (Å²) in [6.07, 6.45) is 3.24. The summed E-state index contributed by atoms with van der Waals surface area (Å²) < 4.78 is 6.11. The van der Waals surface area contributed by atoms with Crippen LogP contribution in [-0.4, -0.2) is 60.0 Å². The number of piperazine rings is 1. The number of furan rings is 1. The second kappa shape index (κ2) is 8.80. The van der Waals surface area contributed by atoms with Gasteiger partial charge in [-0.2, -0.15) is 0 Å². The summed E-state index contributed by atoms with van der Waals surface area (Å²) in [4.78, 5) is 28.8. The number of nitrogens with zero attached hydrogens (tertiary/aromatic N) is 5. The Hall–Kier alpha value is -3.32. The molecule has 0 spiro atoms. The van der Waals surface area contributed by atoms with E-state index in [9.17, 15) is 4.79 Å². The lowest BCUT2D eigenvalue weighted by Gasteiger charge is -2.39. The summed E-state index contributed by atoms with van der Waals surface area (Å²) in [5.74, 6) is 1.14. The number of benzene rings is 2. The standard InChI is InChI=1S/C26H26ClN5O2/c27-20-6-2-3-7-21(20)30-13-15-32(16-14-30)26(33)18-9-11-31(12-10-18)25-24-23(28-17-29-25)19-5-1-4-8-22(19)34-24/h1-8,17-18H,9-16H2. The van der Waals surface area contributed by atoms with Crippen molar-refractivity contribution in [3.05, 3.63) is 59.9 Å². The molecule has 2 aliphatic rings. The fraction of sp³-hybridized carbons (Fsp3) is 0.346. The van der Waals surface area contributed by atoms with Gasteiger partial charge in [0.25, 0.3) is 0 Å². The summed E-state index contributed by atoms with van der Waals surface area (Å²) in [7, 11) is 0. The first-order valence-electron chi connectivity index (χ1n) is 11.8. The molecule has 1 amide bonds. The van der Waals surface area contributed by atoms with Crippen LogP contribution in [0, 0.1) is 5.92 Å². The molecule has 0 N–H and O–H groups in total. The lowest BCUT2D eigenvalue weighted by Crippen LogP contribution is -2.51. The van der Waals surface area contributed by atoms with Crippen molar-refractivity contribution in [2.75, 3.05) is 49.1 Å². The molecule has 0 aliphatic carbocycles. The Morgan fingerprint density at radius 3 is 2.41 bits per heavy atom. The Morgan fingerprint density at radius 2 is 1.62 bits per heavy atom. The van der Waals surface area contributed by atoms with Gasteiger partial charge in [-0.15, -0.1) is 0 Å². The van der Waals surface area contributed by atoms with Gasteiger partial charge >= 0.3 is 0 Å². The Balaban J connectivity index is 1.10. The summed E-state index contributed by atoms with van der Waals surface area (Å²) >= 11 is 6.36. The monoisotopic (exact) mass is 475 g/mol. The van der Waals surface area contributed by atoms with E-state index in [1.165, 1.54) is 0 Å². The van der Waals surface area contributed by atoms with Crippen molar-refractivity contribution < 1.29 is 9.21 Å². The summed E-state index contributed by atoms with van der Waals surface area (Å²) in [5.41, 5.74) is 3.44. The zero-order chi connectivity index (χ0) is 23.1. The third-order valence-electron chi connectivity index (χ3n) is 7.07. The van der Waals surface area contributed by atoms with E-state index in [0.29, 0.717) is 0 Å². The second-order valence-electron chi connectivity index (χ2n) is 9.00.